The Morgan fingerprint density at radius 1 is 1.16 bits per heavy atom. The minimum absolute atomic E-state index is 0.295. The van der Waals surface area contributed by atoms with Crippen LogP contribution in [-0.4, -0.2) is 68.8 Å². The fraction of sp³-hybridized carbons (Fsp3) is 0.346. The smallest absolute Gasteiger partial charge is 0.321 e. The molecule has 0 spiro atoms. The molecule has 4 aromatic rings. The van der Waals surface area contributed by atoms with Crippen molar-refractivity contribution in [2.45, 2.75) is 26.5 Å². The Morgan fingerprint density at radius 3 is 2.68 bits per heavy atom. The molecule has 37 heavy (non-hydrogen) atoms. The van der Waals surface area contributed by atoms with Crippen LogP contribution in [0.15, 0.2) is 42.9 Å². The lowest BCUT2D eigenvalue weighted by molar-refractivity contribution is 0.0342. The lowest BCUT2D eigenvalue weighted by Gasteiger charge is -2.26. The number of thiazole rings is 1. The third kappa shape index (κ3) is 5.91. The lowest BCUT2D eigenvalue weighted by Crippen LogP contribution is -2.35. The van der Waals surface area contributed by atoms with Gasteiger partial charge in [-0.15, -0.1) is 0 Å². The summed E-state index contributed by atoms with van der Waals surface area (Å²) in [4.78, 5) is 32.5. The number of morpholine rings is 1. The van der Waals surface area contributed by atoms with Gasteiger partial charge in [-0.1, -0.05) is 11.3 Å². The van der Waals surface area contributed by atoms with E-state index in [0.717, 1.165) is 65.4 Å². The molecule has 1 aliphatic heterocycles. The number of carbonyl (C=O) groups excluding carboxylic acids is 1. The van der Waals surface area contributed by atoms with Crippen molar-refractivity contribution < 1.29 is 14.6 Å². The number of carbonyl (C=O) groups is 1. The molecule has 5 rings (SSSR count). The number of fused-ring (bicyclic) bond motifs is 1. The average Bonchev–Trinajstić information content (AvgIpc) is 3.31. The monoisotopic (exact) mass is 519 g/mol. The summed E-state index contributed by atoms with van der Waals surface area (Å²) >= 11 is 1.41. The Balaban J connectivity index is 1.56. The summed E-state index contributed by atoms with van der Waals surface area (Å²) in [5.74, 6) is 0.365. The average molecular weight is 520 g/mol. The summed E-state index contributed by atoms with van der Waals surface area (Å²) in [7, 11) is 0. The van der Waals surface area contributed by atoms with Gasteiger partial charge in [0, 0.05) is 55.9 Å². The van der Waals surface area contributed by atoms with Crippen LogP contribution < -0.4 is 10.6 Å². The number of nitrogens with zero attached hydrogens (tertiary/aromatic N) is 5. The quantitative estimate of drug-likeness (QED) is 0.336. The van der Waals surface area contributed by atoms with E-state index in [9.17, 15) is 9.90 Å². The molecule has 0 unspecified atom stereocenters. The van der Waals surface area contributed by atoms with Gasteiger partial charge in [0.25, 0.3) is 0 Å². The molecular formula is C26H29N7O3S. The fourth-order valence-electron chi connectivity index (χ4n) is 4.19. The summed E-state index contributed by atoms with van der Waals surface area (Å²) < 4.78 is 6.41. The highest BCUT2D eigenvalue weighted by atomic mass is 32.1. The number of benzene rings is 1. The van der Waals surface area contributed by atoms with Crippen LogP contribution in [0.3, 0.4) is 0 Å². The van der Waals surface area contributed by atoms with Crippen molar-refractivity contribution >= 4 is 32.7 Å². The van der Waals surface area contributed by atoms with Crippen LogP contribution in [-0.2, 0) is 11.3 Å². The van der Waals surface area contributed by atoms with E-state index in [1.807, 2.05) is 25.3 Å². The Bertz CT molecular complexity index is 1380. The Hall–Kier alpha value is -3.51. The fourth-order valence-corrected chi connectivity index (χ4v) is 5.15. The lowest BCUT2D eigenvalue weighted by atomic mass is 10.0. The first-order valence-electron chi connectivity index (χ1n) is 12.3. The SMILES string of the molecule is CCNC(=O)Nc1nc2cc(-c3cnc([C@H](C)O)nc3)cc(-c3cc(CN4CCOCC4)ccn3)c2s1. The van der Waals surface area contributed by atoms with Crippen LogP contribution in [0.2, 0.25) is 0 Å². The minimum atomic E-state index is -0.744. The number of aromatic nitrogens is 4. The van der Waals surface area contributed by atoms with E-state index >= 15 is 0 Å². The van der Waals surface area contributed by atoms with Crippen LogP contribution in [0.4, 0.5) is 9.93 Å². The maximum Gasteiger partial charge on any atom is 0.321 e. The molecule has 0 bridgehead atoms. The van der Waals surface area contributed by atoms with Gasteiger partial charge in [-0.05, 0) is 49.2 Å². The number of rotatable bonds is 7. The number of ether oxygens (including phenoxy) is 1. The van der Waals surface area contributed by atoms with E-state index in [1.54, 1.807) is 19.3 Å². The Labute approximate surface area is 218 Å². The predicted molar refractivity (Wildman–Crippen MR) is 143 cm³/mol. The number of aliphatic hydroxyl groups is 1. The van der Waals surface area contributed by atoms with Gasteiger partial charge in [0.15, 0.2) is 11.0 Å². The summed E-state index contributed by atoms with van der Waals surface area (Å²) in [6.45, 7) is 8.15. The van der Waals surface area contributed by atoms with Crippen molar-refractivity contribution in [1.82, 2.24) is 30.2 Å². The largest absolute Gasteiger partial charge is 0.385 e. The zero-order chi connectivity index (χ0) is 25.8. The summed E-state index contributed by atoms with van der Waals surface area (Å²) in [6.07, 6.45) is 4.48. The van der Waals surface area contributed by atoms with E-state index in [4.69, 9.17) is 9.72 Å². The molecule has 192 valence electrons. The topological polar surface area (TPSA) is 125 Å². The van der Waals surface area contributed by atoms with E-state index in [1.165, 1.54) is 16.9 Å². The molecule has 0 radical (unpaired) electrons. The second-order valence-corrected chi connectivity index (χ2v) is 9.82. The summed E-state index contributed by atoms with van der Waals surface area (Å²) in [5, 5.41) is 15.8. The van der Waals surface area contributed by atoms with Crippen molar-refractivity contribution in [1.29, 1.82) is 0 Å². The highest BCUT2D eigenvalue weighted by Gasteiger charge is 2.17. The molecule has 4 heterocycles. The van der Waals surface area contributed by atoms with Crippen LogP contribution in [0, 0.1) is 0 Å². The van der Waals surface area contributed by atoms with Gasteiger partial charge < -0.3 is 15.2 Å². The first kappa shape index (κ1) is 25.2. The van der Waals surface area contributed by atoms with Crippen molar-refractivity contribution in [3.05, 3.63) is 54.2 Å². The number of aliphatic hydroxyl groups excluding tert-OH is 1. The molecular weight excluding hydrogens is 490 g/mol. The highest BCUT2D eigenvalue weighted by Crippen LogP contribution is 2.38. The molecule has 3 aromatic heterocycles. The molecule has 11 heteroatoms. The van der Waals surface area contributed by atoms with E-state index in [-0.39, 0.29) is 6.03 Å². The van der Waals surface area contributed by atoms with Crippen LogP contribution >= 0.6 is 11.3 Å². The number of nitrogens with one attached hydrogen (secondary N) is 2. The molecule has 1 aromatic carbocycles. The molecule has 1 atom stereocenters. The summed E-state index contributed by atoms with van der Waals surface area (Å²) in [5.41, 5.74) is 5.31. The molecule has 0 aliphatic carbocycles. The molecule has 2 amide bonds. The van der Waals surface area contributed by atoms with E-state index in [2.05, 4.69) is 42.6 Å². The first-order chi connectivity index (χ1) is 18.0. The number of urea groups is 1. The van der Waals surface area contributed by atoms with Crippen molar-refractivity contribution in [2.75, 3.05) is 38.2 Å². The number of hydrogen-bond acceptors (Lipinski definition) is 9. The number of pyridine rings is 1. The van der Waals surface area contributed by atoms with E-state index < -0.39 is 6.10 Å². The molecule has 0 saturated carbocycles. The van der Waals surface area contributed by atoms with E-state index in [0.29, 0.717) is 17.5 Å². The number of amides is 2. The predicted octanol–water partition coefficient (Wildman–Crippen LogP) is 3.84. The zero-order valence-corrected chi connectivity index (χ0v) is 21.6. The molecule has 10 nitrogen and oxygen atoms in total. The van der Waals surface area contributed by atoms with Gasteiger partial charge in [0.05, 0.1) is 29.1 Å². The third-order valence-corrected chi connectivity index (χ3v) is 7.06. The zero-order valence-electron chi connectivity index (χ0n) is 20.8. The third-order valence-electron chi connectivity index (χ3n) is 6.04. The van der Waals surface area contributed by atoms with Crippen LogP contribution in [0.1, 0.15) is 31.3 Å². The van der Waals surface area contributed by atoms with Gasteiger partial charge in [0.2, 0.25) is 0 Å². The maximum atomic E-state index is 12.1. The van der Waals surface area contributed by atoms with Crippen molar-refractivity contribution in [3.63, 3.8) is 0 Å². The number of anilines is 1. The van der Waals surface area contributed by atoms with Crippen LogP contribution in [0.25, 0.3) is 32.6 Å². The second kappa shape index (κ2) is 11.3. The first-order valence-corrected chi connectivity index (χ1v) is 13.1. The van der Waals surface area contributed by atoms with Gasteiger partial charge in [-0.3, -0.25) is 15.2 Å². The minimum Gasteiger partial charge on any atom is -0.385 e. The van der Waals surface area contributed by atoms with Crippen LogP contribution in [0.5, 0.6) is 0 Å². The molecule has 1 fully saturated rings. The Morgan fingerprint density at radius 2 is 1.95 bits per heavy atom. The Kier molecular flexibility index (Phi) is 7.65. The van der Waals surface area contributed by atoms with Gasteiger partial charge in [-0.2, -0.15) is 0 Å². The van der Waals surface area contributed by atoms with Gasteiger partial charge >= 0.3 is 6.03 Å². The molecule has 1 saturated heterocycles. The normalized spacial score (nSPS) is 15.0. The van der Waals surface area contributed by atoms with Gasteiger partial charge in [-0.25, -0.2) is 19.7 Å². The second-order valence-electron chi connectivity index (χ2n) is 8.82. The van der Waals surface area contributed by atoms with Crippen molar-refractivity contribution in [3.8, 4) is 22.4 Å². The number of hydrogen-bond donors (Lipinski definition) is 3. The van der Waals surface area contributed by atoms with Crippen molar-refractivity contribution in [2.24, 2.45) is 0 Å². The molecule has 3 N–H and O–H groups in total. The molecule has 1 aliphatic rings. The van der Waals surface area contributed by atoms with Gasteiger partial charge in [0.1, 0.15) is 6.10 Å². The maximum absolute atomic E-state index is 12.1. The summed E-state index contributed by atoms with van der Waals surface area (Å²) in [6, 6.07) is 7.86. The highest BCUT2D eigenvalue weighted by molar-refractivity contribution is 7.22. The standard InChI is InChI=1S/C26H29N7O3S/c1-3-27-25(35)32-26-31-22-12-18(19-13-29-24(16(2)34)30-14-19)11-20(23(22)37-26)21-10-17(4-5-28-21)15-33-6-8-36-9-7-33/h4-5,10-14,16,34H,3,6-9,15H2,1-2H3,(H2,27,31,32,35)/t16-/m0/s1.